The molecule has 2 aliphatic rings. The quantitative estimate of drug-likeness (QED) is 0.839. The van der Waals surface area contributed by atoms with Crippen molar-refractivity contribution in [1.82, 2.24) is 5.32 Å². The van der Waals surface area contributed by atoms with Crippen LogP contribution in [0.15, 0.2) is 18.2 Å². The highest BCUT2D eigenvalue weighted by Crippen LogP contribution is 2.33. The van der Waals surface area contributed by atoms with E-state index in [1.54, 1.807) is 5.56 Å². The zero-order chi connectivity index (χ0) is 11.7. The first-order valence-electron chi connectivity index (χ1n) is 6.97. The summed E-state index contributed by atoms with van der Waals surface area (Å²) in [6.45, 7) is 5.80. The van der Waals surface area contributed by atoms with Gasteiger partial charge in [0.05, 0.1) is 0 Å². The maximum Gasteiger partial charge on any atom is 0.0455 e. The van der Waals surface area contributed by atoms with Crippen LogP contribution in [0.25, 0.3) is 0 Å². The second kappa shape index (κ2) is 4.69. The fourth-order valence-corrected chi connectivity index (χ4v) is 3.22. The Morgan fingerprint density at radius 1 is 1.41 bits per heavy atom. The molecule has 1 atom stereocenters. The molecule has 17 heavy (non-hydrogen) atoms. The van der Waals surface area contributed by atoms with E-state index >= 15 is 0 Å². The monoisotopic (exact) mass is 230 g/mol. The molecule has 2 heteroatoms. The molecule has 92 valence electrons. The van der Waals surface area contributed by atoms with Crippen LogP contribution in [0.3, 0.4) is 0 Å². The first-order valence-corrected chi connectivity index (χ1v) is 6.97. The molecular weight excluding hydrogens is 208 g/mol. The Bertz CT molecular complexity index is 400. The zero-order valence-electron chi connectivity index (χ0n) is 10.7. The van der Waals surface area contributed by atoms with Gasteiger partial charge in [-0.15, -0.1) is 0 Å². The minimum absolute atomic E-state index is 0.698. The normalized spacial score (nSPS) is 23.1. The van der Waals surface area contributed by atoms with Gasteiger partial charge < -0.3 is 10.2 Å². The number of nitrogens with one attached hydrogen (secondary N) is 1. The van der Waals surface area contributed by atoms with Crippen LogP contribution in [0.2, 0.25) is 0 Å². The predicted octanol–water partition coefficient (Wildman–Crippen LogP) is 2.36. The molecule has 2 nitrogen and oxygen atoms in total. The lowest BCUT2D eigenvalue weighted by Gasteiger charge is -2.24. The molecule has 0 amide bonds. The highest BCUT2D eigenvalue weighted by molar-refractivity contribution is 5.60. The number of fused-ring (bicyclic) bond motifs is 3. The van der Waals surface area contributed by atoms with Crippen LogP contribution >= 0.6 is 0 Å². The summed E-state index contributed by atoms with van der Waals surface area (Å²) >= 11 is 0. The summed E-state index contributed by atoms with van der Waals surface area (Å²) < 4.78 is 0. The number of hydrogen-bond donors (Lipinski definition) is 1. The van der Waals surface area contributed by atoms with Gasteiger partial charge in [-0.05, 0) is 43.0 Å². The van der Waals surface area contributed by atoms with Crippen molar-refractivity contribution in [2.24, 2.45) is 0 Å². The van der Waals surface area contributed by atoms with Crippen molar-refractivity contribution in [2.75, 3.05) is 24.5 Å². The van der Waals surface area contributed by atoms with E-state index in [1.807, 2.05) is 0 Å². The van der Waals surface area contributed by atoms with E-state index in [0.717, 1.165) is 6.54 Å². The summed E-state index contributed by atoms with van der Waals surface area (Å²) in [6, 6.07) is 7.81. The highest BCUT2D eigenvalue weighted by atomic mass is 15.2. The van der Waals surface area contributed by atoms with Gasteiger partial charge in [-0.2, -0.15) is 0 Å². The molecule has 2 heterocycles. The number of benzene rings is 1. The van der Waals surface area contributed by atoms with Crippen molar-refractivity contribution in [3.8, 4) is 0 Å². The molecule has 1 aromatic rings. The van der Waals surface area contributed by atoms with Crippen LogP contribution in [-0.2, 0) is 12.8 Å². The molecular formula is C15H22N2. The summed E-state index contributed by atoms with van der Waals surface area (Å²) in [5, 5.41) is 3.55. The molecule has 1 N–H and O–H groups in total. The van der Waals surface area contributed by atoms with E-state index in [9.17, 15) is 0 Å². The number of rotatable bonds is 2. The van der Waals surface area contributed by atoms with Gasteiger partial charge in [0.2, 0.25) is 0 Å². The van der Waals surface area contributed by atoms with Crippen molar-refractivity contribution in [3.63, 3.8) is 0 Å². The molecule has 0 aromatic heterocycles. The van der Waals surface area contributed by atoms with Crippen LogP contribution in [0.5, 0.6) is 0 Å². The number of nitrogens with zero attached hydrogens (tertiary/aromatic N) is 1. The summed E-state index contributed by atoms with van der Waals surface area (Å²) in [6.07, 6.45) is 4.97. The molecule has 1 fully saturated rings. The first kappa shape index (κ1) is 11.1. The van der Waals surface area contributed by atoms with Crippen LogP contribution in [0, 0.1) is 0 Å². The number of anilines is 1. The van der Waals surface area contributed by atoms with E-state index in [0.29, 0.717) is 6.04 Å². The van der Waals surface area contributed by atoms with Crippen molar-refractivity contribution in [2.45, 2.75) is 38.6 Å². The fourth-order valence-electron chi connectivity index (χ4n) is 3.22. The SMILES string of the molecule is CCCc1ccc2c(c1)CC1CNCCCN21. The van der Waals surface area contributed by atoms with Gasteiger partial charge in [-0.1, -0.05) is 25.5 Å². The molecule has 0 saturated carbocycles. The molecule has 3 rings (SSSR count). The predicted molar refractivity (Wildman–Crippen MR) is 72.8 cm³/mol. The number of hydrogen-bond acceptors (Lipinski definition) is 2. The van der Waals surface area contributed by atoms with E-state index in [4.69, 9.17) is 0 Å². The van der Waals surface area contributed by atoms with Crippen molar-refractivity contribution in [3.05, 3.63) is 29.3 Å². The third-order valence-electron chi connectivity index (χ3n) is 4.02. The highest BCUT2D eigenvalue weighted by Gasteiger charge is 2.29. The van der Waals surface area contributed by atoms with E-state index < -0.39 is 0 Å². The third-order valence-corrected chi connectivity index (χ3v) is 4.02. The van der Waals surface area contributed by atoms with Crippen molar-refractivity contribution in [1.29, 1.82) is 0 Å². The van der Waals surface area contributed by atoms with Gasteiger partial charge in [0.25, 0.3) is 0 Å². The molecule has 0 aliphatic carbocycles. The second-order valence-corrected chi connectivity index (χ2v) is 5.32. The van der Waals surface area contributed by atoms with E-state index in [1.165, 1.54) is 50.0 Å². The Balaban J connectivity index is 1.87. The first-order chi connectivity index (χ1) is 8.38. The molecule has 0 bridgehead atoms. The molecule has 1 saturated heterocycles. The Morgan fingerprint density at radius 2 is 2.35 bits per heavy atom. The third kappa shape index (κ3) is 2.06. The Morgan fingerprint density at radius 3 is 3.24 bits per heavy atom. The minimum atomic E-state index is 0.698. The average Bonchev–Trinajstić information content (AvgIpc) is 2.52. The van der Waals surface area contributed by atoms with Crippen LogP contribution in [0.1, 0.15) is 30.9 Å². The second-order valence-electron chi connectivity index (χ2n) is 5.32. The van der Waals surface area contributed by atoms with Gasteiger partial charge in [0.15, 0.2) is 0 Å². The largest absolute Gasteiger partial charge is 0.367 e. The van der Waals surface area contributed by atoms with Crippen LogP contribution in [0.4, 0.5) is 5.69 Å². The van der Waals surface area contributed by atoms with Crippen molar-refractivity contribution < 1.29 is 0 Å². The molecule has 1 aromatic carbocycles. The van der Waals surface area contributed by atoms with Gasteiger partial charge >= 0.3 is 0 Å². The Hall–Kier alpha value is -1.02. The Labute approximate surface area is 104 Å². The summed E-state index contributed by atoms with van der Waals surface area (Å²) in [7, 11) is 0. The van der Waals surface area contributed by atoms with E-state index in [-0.39, 0.29) is 0 Å². The Kier molecular flexibility index (Phi) is 3.06. The average molecular weight is 230 g/mol. The summed E-state index contributed by atoms with van der Waals surface area (Å²) in [5.74, 6) is 0. The minimum Gasteiger partial charge on any atom is -0.367 e. The van der Waals surface area contributed by atoms with Gasteiger partial charge in [-0.25, -0.2) is 0 Å². The summed E-state index contributed by atoms with van der Waals surface area (Å²) in [5.41, 5.74) is 4.58. The van der Waals surface area contributed by atoms with Crippen LogP contribution < -0.4 is 10.2 Å². The molecule has 0 spiro atoms. The maximum atomic E-state index is 3.55. The fraction of sp³-hybridized carbons (Fsp3) is 0.600. The smallest absolute Gasteiger partial charge is 0.0455 e. The lowest BCUT2D eigenvalue weighted by Crippen LogP contribution is -2.36. The summed E-state index contributed by atoms with van der Waals surface area (Å²) in [4.78, 5) is 2.62. The zero-order valence-corrected chi connectivity index (χ0v) is 10.7. The molecule has 1 unspecified atom stereocenters. The lowest BCUT2D eigenvalue weighted by atomic mass is 10.0. The van der Waals surface area contributed by atoms with Crippen molar-refractivity contribution >= 4 is 5.69 Å². The molecule has 2 aliphatic heterocycles. The number of aryl methyl sites for hydroxylation is 1. The lowest BCUT2D eigenvalue weighted by molar-refractivity contribution is 0.613. The van der Waals surface area contributed by atoms with Crippen LogP contribution in [-0.4, -0.2) is 25.7 Å². The van der Waals surface area contributed by atoms with Gasteiger partial charge in [0, 0.05) is 24.8 Å². The maximum absolute atomic E-state index is 3.55. The van der Waals surface area contributed by atoms with Gasteiger partial charge in [0.1, 0.15) is 0 Å². The molecule has 0 radical (unpaired) electrons. The van der Waals surface area contributed by atoms with Gasteiger partial charge in [-0.3, -0.25) is 0 Å². The topological polar surface area (TPSA) is 15.3 Å². The van der Waals surface area contributed by atoms with E-state index in [2.05, 4.69) is 35.3 Å². The standard InChI is InChI=1S/C15H22N2/c1-2-4-12-5-6-15-13(9-12)10-14-11-16-7-3-8-17(14)15/h5-6,9,14,16H,2-4,7-8,10-11H2,1H3.